The van der Waals surface area contributed by atoms with Crippen LogP contribution in [-0.4, -0.2) is 37.8 Å². The summed E-state index contributed by atoms with van der Waals surface area (Å²) in [4.78, 5) is 13.1. The standard InChI is InChI=1S/C15H15N5O3/c21-12(13-7-4-8-23-13)9-16-14(22)10-20-18-15(17-19-20)11-5-2-1-3-6-11/h1-8,12,21H,9-10H2,(H,16,22). The SMILES string of the molecule is O=C(Cn1nnc(-c2ccccc2)n1)NCC(O)c1ccco1. The zero-order valence-corrected chi connectivity index (χ0v) is 12.2. The van der Waals surface area contributed by atoms with Crippen LogP contribution in [-0.2, 0) is 11.3 Å². The van der Waals surface area contributed by atoms with Gasteiger partial charge in [0.2, 0.25) is 11.7 Å². The number of hydrogen-bond donors (Lipinski definition) is 2. The molecular formula is C15H15N5O3. The van der Waals surface area contributed by atoms with E-state index in [1.54, 1.807) is 12.1 Å². The Morgan fingerprint density at radius 1 is 1.26 bits per heavy atom. The number of hydrogen-bond acceptors (Lipinski definition) is 6. The van der Waals surface area contributed by atoms with Gasteiger partial charge >= 0.3 is 0 Å². The number of nitrogens with one attached hydrogen (secondary N) is 1. The van der Waals surface area contributed by atoms with Crippen LogP contribution in [0.4, 0.5) is 0 Å². The van der Waals surface area contributed by atoms with Crippen LogP contribution in [0.15, 0.2) is 53.1 Å². The summed E-state index contributed by atoms with van der Waals surface area (Å²) in [5.74, 6) is 0.525. The molecule has 2 N–H and O–H groups in total. The summed E-state index contributed by atoms with van der Waals surface area (Å²) in [6.45, 7) is -0.0305. The third-order valence-electron chi connectivity index (χ3n) is 3.13. The monoisotopic (exact) mass is 313 g/mol. The average Bonchev–Trinajstić information content (AvgIpc) is 3.25. The molecule has 1 unspecified atom stereocenters. The van der Waals surface area contributed by atoms with Crippen LogP contribution in [0.1, 0.15) is 11.9 Å². The van der Waals surface area contributed by atoms with E-state index in [-0.39, 0.29) is 19.0 Å². The molecule has 1 atom stereocenters. The molecule has 0 saturated heterocycles. The van der Waals surface area contributed by atoms with Crippen molar-refractivity contribution < 1.29 is 14.3 Å². The van der Waals surface area contributed by atoms with E-state index in [9.17, 15) is 9.90 Å². The number of rotatable bonds is 6. The Labute approximate surface area is 131 Å². The molecule has 3 aromatic rings. The minimum atomic E-state index is -0.891. The maximum Gasteiger partial charge on any atom is 0.243 e. The highest BCUT2D eigenvalue weighted by molar-refractivity contribution is 5.75. The second-order valence-corrected chi connectivity index (χ2v) is 4.84. The average molecular weight is 313 g/mol. The third-order valence-corrected chi connectivity index (χ3v) is 3.13. The summed E-state index contributed by atoms with van der Waals surface area (Å²) in [5, 5.41) is 24.3. The number of carbonyl (C=O) groups is 1. The highest BCUT2D eigenvalue weighted by Gasteiger charge is 2.13. The van der Waals surface area contributed by atoms with Crippen molar-refractivity contribution in [3.05, 3.63) is 54.5 Å². The Balaban J connectivity index is 1.53. The lowest BCUT2D eigenvalue weighted by atomic mass is 10.2. The summed E-state index contributed by atoms with van der Waals surface area (Å²) >= 11 is 0. The largest absolute Gasteiger partial charge is 0.467 e. The van der Waals surface area contributed by atoms with Crippen LogP contribution < -0.4 is 5.32 Å². The van der Waals surface area contributed by atoms with Crippen molar-refractivity contribution in [1.29, 1.82) is 0 Å². The van der Waals surface area contributed by atoms with E-state index < -0.39 is 6.10 Å². The van der Waals surface area contributed by atoms with E-state index in [1.165, 1.54) is 11.1 Å². The van der Waals surface area contributed by atoms with E-state index in [1.807, 2.05) is 30.3 Å². The van der Waals surface area contributed by atoms with Crippen LogP contribution in [0.2, 0.25) is 0 Å². The predicted molar refractivity (Wildman–Crippen MR) is 79.9 cm³/mol. The van der Waals surface area contributed by atoms with Crippen molar-refractivity contribution >= 4 is 5.91 Å². The Morgan fingerprint density at radius 3 is 2.83 bits per heavy atom. The van der Waals surface area contributed by atoms with Crippen molar-refractivity contribution in [2.75, 3.05) is 6.54 Å². The van der Waals surface area contributed by atoms with Crippen molar-refractivity contribution in [3.63, 3.8) is 0 Å². The van der Waals surface area contributed by atoms with Gasteiger partial charge < -0.3 is 14.8 Å². The maximum absolute atomic E-state index is 11.9. The molecule has 0 spiro atoms. The van der Waals surface area contributed by atoms with Gasteiger partial charge in [-0.1, -0.05) is 30.3 Å². The van der Waals surface area contributed by atoms with Gasteiger partial charge in [-0.25, -0.2) is 0 Å². The van der Waals surface area contributed by atoms with E-state index in [0.29, 0.717) is 11.6 Å². The highest BCUT2D eigenvalue weighted by atomic mass is 16.4. The molecule has 2 aromatic heterocycles. The zero-order chi connectivity index (χ0) is 16.1. The molecule has 1 amide bonds. The first-order valence-electron chi connectivity index (χ1n) is 7.04. The fraction of sp³-hybridized carbons (Fsp3) is 0.200. The van der Waals surface area contributed by atoms with Gasteiger partial charge in [0.15, 0.2) is 0 Å². The molecule has 0 aliphatic heterocycles. The highest BCUT2D eigenvalue weighted by Crippen LogP contribution is 2.12. The fourth-order valence-electron chi connectivity index (χ4n) is 1.99. The van der Waals surface area contributed by atoms with Crippen LogP contribution in [0.25, 0.3) is 11.4 Å². The topological polar surface area (TPSA) is 106 Å². The van der Waals surface area contributed by atoms with Gasteiger partial charge in [-0.15, -0.1) is 10.2 Å². The summed E-state index contributed by atoms with van der Waals surface area (Å²) in [6.07, 6.45) is 0.572. The summed E-state index contributed by atoms with van der Waals surface area (Å²) in [7, 11) is 0. The minimum absolute atomic E-state index is 0.0482. The molecule has 0 saturated carbocycles. The second kappa shape index (κ2) is 6.84. The lowest BCUT2D eigenvalue weighted by molar-refractivity contribution is -0.122. The quantitative estimate of drug-likeness (QED) is 0.696. The zero-order valence-electron chi connectivity index (χ0n) is 12.2. The van der Waals surface area contributed by atoms with Crippen LogP contribution >= 0.6 is 0 Å². The molecule has 1 aromatic carbocycles. The van der Waals surface area contributed by atoms with Crippen molar-refractivity contribution in [2.24, 2.45) is 0 Å². The lowest BCUT2D eigenvalue weighted by Crippen LogP contribution is -2.32. The van der Waals surface area contributed by atoms with Crippen molar-refractivity contribution in [1.82, 2.24) is 25.5 Å². The molecule has 0 radical (unpaired) electrons. The first kappa shape index (κ1) is 14.9. The molecule has 3 rings (SSSR count). The summed E-state index contributed by atoms with van der Waals surface area (Å²) < 4.78 is 5.06. The molecule has 0 aliphatic carbocycles. The Hall–Kier alpha value is -3.00. The first-order chi connectivity index (χ1) is 11.2. The van der Waals surface area contributed by atoms with E-state index in [0.717, 1.165) is 5.56 Å². The van der Waals surface area contributed by atoms with Crippen LogP contribution in [0.5, 0.6) is 0 Å². The molecule has 118 valence electrons. The first-order valence-corrected chi connectivity index (χ1v) is 7.04. The molecule has 0 fully saturated rings. The summed E-state index contributed by atoms with van der Waals surface area (Å²) in [6, 6.07) is 12.7. The predicted octanol–water partition coefficient (Wildman–Crippen LogP) is 0.783. The van der Waals surface area contributed by atoms with Gasteiger partial charge in [0.05, 0.1) is 12.8 Å². The number of benzene rings is 1. The number of aliphatic hydroxyl groups excluding tert-OH is 1. The summed E-state index contributed by atoms with van der Waals surface area (Å²) in [5.41, 5.74) is 0.826. The number of nitrogens with zero attached hydrogens (tertiary/aromatic N) is 4. The van der Waals surface area contributed by atoms with Gasteiger partial charge in [0, 0.05) is 5.56 Å². The van der Waals surface area contributed by atoms with Crippen molar-refractivity contribution in [3.8, 4) is 11.4 Å². The van der Waals surface area contributed by atoms with Gasteiger partial charge in [-0.2, -0.15) is 4.80 Å². The molecule has 0 aliphatic rings. The third kappa shape index (κ3) is 3.80. The van der Waals surface area contributed by atoms with Gasteiger partial charge in [-0.05, 0) is 17.3 Å². The Bertz CT molecular complexity index is 755. The minimum Gasteiger partial charge on any atom is -0.467 e. The van der Waals surface area contributed by atoms with E-state index >= 15 is 0 Å². The van der Waals surface area contributed by atoms with Gasteiger partial charge in [0.25, 0.3) is 0 Å². The molecular weight excluding hydrogens is 298 g/mol. The second-order valence-electron chi connectivity index (χ2n) is 4.84. The molecule has 8 heteroatoms. The number of carbonyl (C=O) groups excluding carboxylic acids is 1. The number of furan rings is 1. The molecule has 23 heavy (non-hydrogen) atoms. The fourth-order valence-corrected chi connectivity index (χ4v) is 1.99. The van der Waals surface area contributed by atoms with Crippen LogP contribution in [0.3, 0.4) is 0 Å². The van der Waals surface area contributed by atoms with E-state index in [4.69, 9.17) is 4.42 Å². The Morgan fingerprint density at radius 2 is 2.09 bits per heavy atom. The van der Waals surface area contributed by atoms with Crippen molar-refractivity contribution in [2.45, 2.75) is 12.6 Å². The molecule has 2 heterocycles. The maximum atomic E-state index is 11.9. The number of amides is 1. The number of tetrazole rings is 1. The number of aliphatic hydroxyl groups is 1. The van der Waals surface area contributed by atoms with Gasteiger partial charge in [-0.3, -0.25) is 4.79 Å². The van der Waals surface area contributed by atoms with E-state index in [2.05, 4.69) is 20.7 Å². The lowest BCUT2D eigenvalue weighted by Gasteiger charge is -2.08. The van der Waals surface area contributed by atoms with Crippen LogP contribution in [0, 0.1) is 0 Å². The molecule has 0 bridgehead atoms. The normalized spacial score (nSPS) is 12.0. The Kier molecular flexibility index (Phi) is 4.44. The van der Waals surface area contributed by atoms with Gasteiger partial charge in [0.1, 0.15) is 18.4 Å². The number of aromatic nitrogens is 4. The smallest absolute Gasteiger partial charge is 0.243 e. The molecule has 8 nitrogen and oxygen atoms in total.